The van der Waals surface area contributed by atoms with E-state index in [4.69, 9.17) is 0 Å². The van der Waals surface area contributed by atoms with Gasteiger partial charge in [-0.25, -0.2) is 9.97 Å². The molecule has 198 valence electrons. The number of hydrogen-bond acceptors (Lipinski definition) is 4. The normalized spacial score (nSPS) is 20.3. The number of piperidine rings is 2. The number of halogens is 3. The van der Waals surface area contributed by atoms with Crippen LogP contribution in [-0.4, -0.2) is 51.2 Å². The zero-order valence-corrected chi connectivity index (χ0v) is 21.7. The summed E-state index contributed by atoms with van der Waals surface area (Å²) in [6.07, 6.45) is 7.20. The van der Waals surface area contributed by atoms with Crippen LogP contribution in [0.5, 0.6) is 0 Å². The van der Waals surface area contributed by atoms with Crippen LogP contribution in [0.1, 0.15) is 66.7 Å². The molecule has 8 heteroatoms. The average Bonchev–Trinajstić information content (AvgIpc) is 3.25. The van der Waals surface area contributed by atoms with Crippen molar-refractivity contribution in [1.29, 1.82) is 0 Å². The Balaban J connectivity index is 1.29. The van der Waals surface area contributed by atoms with Crippen LogP contribution >= 0.6 is 0 Å². The fourth-order valence-electron chi connectivity index (χ4n) is 5.94. The number of alkyl halides is 3. The Hall–Kier alpha value is -2.71. The topological polar surface area (TPSA) is 46.0 Å². The Kier molecular flexibility index (Phi) is 7.67. The first kappa shape index (κ1) is 25.9. The zero-order chi connectivity index (χ0) is 26.0. The molecule has 2 fully saturated rings. The number of likely N-dealkylation sites (tertiary alicyclic amines) is 1. The van der Waals surface area contributed by atoms with Gasteiger partial charge in [-0.05, 0) is 88.3 Å². The van der Waals surface area contributed by atoms with E-state index in [9.17, 15) is 13.2 Å². The van der Waals surface area contributed by atoms with E-state index in [1.165, 1.54) is 43.2 Å². The highest BCUT2D eigenvalue weighted by molar-refractivity contribution is 5.76. The zero-order valence-electron chi connectivity index (χ0n) is 21.7. The minimum absolute atomic E-state index is 0.0680. The summed E-state index contributed by atoms with van der Waals surface area (Å²) < 4.78 is 42.6. The smallest absolute Gasteiger partial charge is 0.317 e. The van der Waals surface area contributed by atoms with Gasteiger partial charge < -0.3 is 9.88 Å². The first-order valence-electron chi connectivity index (χ1n) is 13.4. The fraction of sp³-hybridized carbons (Fsp3) is 0.517. The van der Waals surface area contributed by atoms with Gasteiger partial charge in [-0.3, -0.25) is 4.90 Å². The molecule has 5 rings (SSSR count). The van der Waals surface area contributed by atoms with Gasteiger partial charge in [0.1, 0.15) is 5.52 Å². The van der Waals surface area contributed by atoms with Crippen molar-refractivity contribution in [2.24, 2.45) is 0 Å². The van der Waals surface area contributed by atoms with E-state index in [0.29, 0.717) is 28.9 Å². The van der Waals surface area contributed by atoms with Gasteiger partial charge in [0.05, 0.1) is 6.54 Å². The van der Waals surface area contributed by atoms with Gasteiger partial charge >= 0.3 is 6.18 Å². The first-order chi connectivity index (χ1) is 17.8. The second kappa shape index (κ2) is 11.0. The number of nitrogens with zero attached hydrogens (tertiary/aromatic N) is 4. The summed E-state index contributed by atoms with van der Waals surface area (Å²) >= 11 is 0. The molecule has 0 saturated carbocycles. The molecule has 2 saturated heterocycles. The van der Waals surface area contributed by atoms with Crippen molar-refractivity contribution >= 4 is 17.2 Å². The second-order valence-electron chi connectivity index (χ2n) is 10.5. The minimum atomic E-state index is -4.55. The van der Waals surface area contributed by atoms with Crippen LogP contribution in [-0.2, 0) is 12.7 Å². The Morgan fingerprint density at radius 1 is 1.03 bits per heavy atom. The van der Waals surface area contributed by atoms with Gasteiger partial charge in [0.25, 0.3) is 0 Å². The number of rotatable bonds is 6. The lowest BCUT2D eigenvalue weighted by molar-refractivity contribution is -0.146. The van der Waals surface area contributed by atoms with Crippen LogP contribution in [0, 0.1) is 13.8 Å². The van der Waals surface area contributed by atoms with Crippen LogP contribution in [0.3, 0.4) is 0 Å². The lowest BCUT2D eigenvalue weighted by Gasteiger charge is -2.42. The van der Waals surface area contributed by atoms with E-state index < -0.39 is 12.0 Å². The molecule has 4 heterocycles. The van der Waals surface area contributed by atoms with Crippen LogP contribution in [0.2, 0.25) is 0 Å². The van der Waals surface area contributed by atoms with E-state index in [-0.39, 0.29) is 12.2 Å². The van der Waals surface area contributed by atoms with E-state index in [2.05, 4.69) is 32.3 Å². The highest BCUT2D eigenvalue weighted by Crippen LogP contribution is 2.33. The second-order valence-corrected chi connectivity index (χ2v) is 10.5. The van der Waals surface area contributed by atoms with Gasteiger partial charge in [0.15, 0.2) is 5.65 Å². The number of pyridine rings is 1. The number of benzene rings is 1. The number of aryl methyl sites for hydroxylation is 2. The molecule has 2 aliphatic heterocycles. The molecule has 2 aliphatic rings. The van der Waals surface area contributed by atoms with Crippen LogP contribution in [0.4, 0.5) is 13.2 Å². The molecule has 0 radical (unpaired) electrons. The summed E-state index contributed by atoms with van der Waals surface area (Å²) in [5, 5.41) is 3.47. The Morgan fingerprint density at radius 3 is 2.51 bits per heavy atom. The number of hydrogen-bond donors (Lipinski definition) is 1. The van der Waals surface area contributed by atoms with Gasteiger partial charge in [0, 0.05) is 17.8 Å². The Morgan fingerprint density at radius 2 is 1.78 bits per heavy atom. The minimum Gasteiger partial charge on any atom is -0.317 e. The molecule has 1 atom stereocenters. The quantitative estimate of drug-likeness (QED) is 0.433. The van der Waals surface area contributed by atoms with E-state index >= 15 is 0 Å². The molecule has 5 nitrogen and oxygen atoms in total. The van der Waals surface area contributed by atoms with Gasteiger partial charge in [-0.2, -0.15) is 13.2 Å². The fourth-order valence-corrected chi connectivity index (χ4v) is 5.94. The van der Waals surface area contributed by atoms with Crippen molar-refractivity contribution in [3.63, 3.8) is 0 Å². The number of fused-ring (bicyclic) bond motifs is 1. The first-order valence-corrected chi connectivity index (χ1v) is 13.4. The predicted molar refractivity (Wildman–Crippen MR) is 141 cm³/mol. The molecule has 1 N–H and O–H groups in total. The molecule has 0 bridgehead atoms. The maximum Gasteiger partial charge on any atom is 0.449 e. The largest absolute Gasteiger partial charge is 0.449 e. The van der Waals surface area contributed by atoms with E-state index in [1.54, 1.807) is 19.9 Å². The average molecular weight is 512 g/mol. The summed E-state index contributed by atoms with van der Waals surface area (Å²) in [4.78, 5) is 11.0. The third-order valence-electron chi connectivity index (χ3n) is 7.76. The summed E-state index contributed by atoms with van der Waals surface area (Å²) in [6, 6.07) is 10.8. The highest BCUT2D eigenvalue weighted by Gasteiger charge is 2.38. The van der Waals surface area contributed by atoms with Crippen molar-refractivity contribution in [2.75, 3.05) is 19.6 Å². The molecular weight excluding hydrogens is 475 g/mol. The molecule has 37 heavy (non-hydrogen) atoms. The SMILES string of the molecule is Cc1cc(C)c2nc(C(F)(F)F)n(Cc3ccc(/C=C/CC4CCCCN4C4CCNCC4)cc3)c2n1. The summed E-state index contributed by atoms with van der Waals surface area (Å²) in [7, 11) is 0. The molecule has 0 aliphatic carbocycles. The van der Waals surface area contributed by atoms with E-state index in [1.807, 2.05) is 24.3 Å². The number of nitrogens with one attached hydrogen (secondary N) is 1. The molecule has 0 spiro atoms. The Bertz CT molecular complexity index is 1240. The van der Waals surface area contributed by atoms with Crippen molar-refractivity contribution in [1.82, 2.24) is 24.8 Å². The van der Waals surface area contributed by atoms with Crippen LogP contribution in [0.25, 0.3) is 17.2 Å². The molecule has 0 amide bonds. The molecule has 1 aromatic carbocycles. The third kappa shape index (κ3) is 5.91. The van der Waals surface area contributed by atoms with Crippen LogP contribution < -0.4 is 5.32 Å². The van der Waals surface area contributed by atoms with Gasteiger partial charge in [-0.15, -0.1) is 0 Å². The predicted octanol–water partition coefficient (Wildman–Crippen LogP) is 6.13. The molecule has 3 aromatic rings. The van der Waals surface area contributed by atoms with Crippen molar-refractivity contribution in [3.8, 4) is 0 Å². The summed E-state index contributed by atoms with van der Waals surface area (Å²) in [6.45, 7) is 7.06. The maximum absolute atomic E-state index is 13.8. The number of aromatic nitrogens is 3. The molecular formula is C29H36F3N5. The van der Waals surface area contributed by atoms with Gasteiger partial charge in [0.2, 0.25) is 5.82 Å². The highest BCUT2D eigenvalue weighted by atomic mass is 19.4. The van der Waals surface area contributed by atoms with Crippen molar-refractivity contribution in [3.05, 3.63) is 64.6 Å². The van der Waals surface area contributed by atoms with Crippen molar-refractivity contribution < 1.29 is 13.2 Å². The summed E-state index contributed by atoms with van der Waals surface area (Å²) in [5.41, 5.74) is 3.80. The lowest BCUT2D eigenvalue weighted by atomic mass is 9.93. The third-order valence-corrected chi connectivity index (χ3v) is 7.76. The van der Waals surface area contributed by atoms with Crippen LogP contribution in [0.15, 0.2) is 36.4 Å². The van der Waals surface area contributed by atoms with E-state index in [0.717, 1.165) is 30.6 Å². The Labute approximate surface area is 216 Å². The molecule has 1 unspecified atom stereocenters. The monoisotopic (exact) mass is 511 g/mol. The molecule has 2 aromatic heterocycles. The van der Waals surface area contributed by atoms with Gasteiger partial charge in [-0.1, -0.05) is 42.8 Å². The summed E-state index contributed by atoms with van der Waals surface area (Å²) in [5.74, 6) is -0.904. The van der Waals surface area contributed by atoms with Crippen molar-refractivity contribution in [2.45, 2.75) is 77.2 Å². The standard InChI is InChI=1S/C29H36F3N5/c1-20-18-21(2)34-27-26(20)35-28(29(30,31)32)37(27)19-23-11-9-22(10-12-23)6-5-8-24-7-3-4-17-36(24)25-13-15-33-16-14-25/h5-6,9-12,18,24-25,33H,3-4,7-8,13-17,19H2,1-2H3/b6-5+. The lowest BCUT2D eigenvalue weighted by Crippen LogP contribution is -2.50. The number of imidazole rings is 1. The maximum atomic E-state index is 13.8.